The Morgan fingerprint density at radius 1 is 1.20 bits per heavy atom. The summed E-state index contributed by atoms with van der Waals surface area (Å²) in [7, 11) is 0. The third-order valence-electron chi connectivity index (χ3n) is 3.61. The van der Waals surface area contributed by atoms with Crippen molar-refractivity contribution in [3.63, 3.8) is 0 Å². The zero-order chi connectivity index (χ0) is 14.3. The van der Waals surface area contributed by atoms with Crippen LogP contribution < -0.4 is 5.73 Å². The van der Waals surface area contributed by atoms with Crippen LogP contribution in [0.1, 0.15) is 12.2 Å². The predicted octanol–water partition coefficient (Wildman–Crippen LogP) is 2.65. The number of halogens is 3. The zero-order valence-electron chi connectivity index (χ0n) is 10.6. The molecule has 1 aliphatic rings. The minimum Gasteiger partial charge on any atom is -0.398 e. The van der Waals surface area contributed by atoms with Crippen LogP contribution in [0, 0.1) is 5.92 Å². The van der Waals surface area contributed by atoms with Gasteiger partial charge in [0, 0.05) is 24.2 Å². The molecule has 1 unspecified atom stereocenters. The van der Waals surface area contributed by atoms with Crippen LogP contribution >= 0.6 is 0 Å². The second kappa shape index (κ2) is 4.50. The van der Waals surface area contributed by atoms with Crippen LogP contribution in [0.25, 0.3) is 11.4 Å². The van der Waals surface area contributed by atoms with Gasteiger partial charge in [-0.1, -0.05) is 12.1 Å². The van der Waals surface area contributed by atoms with Crippen LogP contribution in [0.5, 0.6) is 0 Å². The Hall–Kier alpha value is -2.05. The Balaban J connectivity index is 2.02. The van der Waals surface area contributed by atoms with Gasteiger partial charge in [-0.3, -0.25) is 0 Å². The van der Waals surface area contributed by atoms with Crippen molar-refractivity contribution >= 4 is 5.69 Å². The second-order valence-electron chi connectivity index (χ2n) is 4.91. The van der Waals surface area contributed by atoms with E-state index in [1.807, 2.05) is 0 Å². The average Bonchev–Trinajstić information content (AvgIpc) is 2.81. The lowest BCUT2D eigenvalue weighted by Gasteiger charge is -2.26. The molecule has 0 aliphatic carbocycles. The van der Waals surface area contributed by atoms with Gasteiger partial charge < -0.3 is 10.3 Å². The summed E-state index contributed by atoms with van der Waals surface area (Å²) >= 11 is 0. The van der Waals surface area contributed by atoms with Gasteiger partial charge in [0.15, 0.2) is 5.82 Å². The lowest BCUT2D eigenvalue weighted by molar-refractivity contribution is -0.182. The third-order valence-corrected chi connectivity index (χ3v) is 3.61. The number of fused-ring (bicyclic) bond motifs is 1. The van der Waals surface area contributed by atoms with Gasteiger partial charge in [0.1, 0.15) is 5.82 Å². The summed E-state index contributed by atoms with van der Waals surface area (Å²) in [6.45, 7) is -0.143. The van der Waals surface area contributed by atoms with E-state index in [9.17, 15) is 13.2 Å². The number of hydrogen-bond donors (Lipinski definition) is 1. The van der Waals surface area contributed by atoms with Crippen LogP contribution in [0.15, 0.2) is 24.3 Å². The molecule has 2 N–H and O–H groups in total. The first-order valence-corrected chi connectivity index (χ1v) is 6.30. The first kappa shape index (κ1) is 13.0. The van der Waals surface area contributed by atoms with E-state index >= 15 is 0 Å². The highest BCUT2D eigenvalue weighted by atomic mass is 19.4. The number of benzene rings is 1. The van der Waals surface area contributed by atoms with E-state index in [2.05, 4.69) is 10.2 Å². The van der Waals surface area contributed by atoms with E-state index < -0.39 is 12.1 Å². The maximum absolute atomic E-state index is 12.9. The van der Waals surface area contributed by atoms with Crippen LogP contribution in [-0.2, 0) is 13.0 Å². The van der Waals surface area contributed by atoms with E-state index in [4.69, 9.17) is 5.73 Å². The molecular formula is C13H13F3N4. The molecule has 1 aromatic heterocycles. The molecular weight excluding hydrogens is 269 g/mol. The number of para-hydroxylation sites is 1. The molecule has 1 atom stereocenters. The largest absolute Gasteiger partial charge is 0.398 e. The predicted molar refractivity (Wildman–Crippen MR) is 67.7 cm³/mol. The number of hydrogen-bond acceptors (Lipinski definition) is 3. The summed E-state index contributed by atoms with van der Waals surface area (Å²) < 4.78 is 40.2. The highest BCUT2D eigenvalue weighted by molar-refractivity contribution is 5.71. The van der Waals surface area contributed by atoms with Crippen molar-refractivity contribution in [1.29, 1.82) is 0 Å². The van der Waals surface area contributed by atoms with Crippen molar-refractivity contribution < 1.29 is 13.2 Å². The van der Waals surface area contributed by atoms with Gasteiger partial charge in [-0.15, -0.1) is 10.2 Å². The normalized spacial score (nSPS) is 18.9. The van der Waals surface area contributed by atoms with Gasteiger partial charge in [-0.25, -0.2) is 0 Å². The molecule has 0 spiro atoms. The number of aromatic nitrogens is 3. The Morgan fingerprint density at radius 2 is 1.95 bits per heavy atom. The Kier molecular flexibility index (Phi) is 2.92. The number of nitrogen functional groups attached to an aromatic ring is 1. The Bertz CT molecular complexity index is 633. The van der Waals surface area contributed by atoms with E-state index in [-0.39, 0.29) is 19.4 Å². The smallest absolute Gasteiger partial charge is 0.393 e. The number of rotatable bonds is 1. The number of aryl methyl sites for hydroxylation is 1. The first-order chi connectivity index (χ1) is 9.47. The molecule has 0 saturated carbocycles. The highest BCUT2D eigenvalue weighted by Gasteiger charge is 2.42. The van der Waals surface area contributed by atoms with Gasteiger partial charge in [-0.2, -0.15) is 13.2 Å². The summed E-state index contributed by atoms with van der Waals surface area (Å²) in [6, 6.07) is 6.98. The zero-order valence-corrected chi connectivity index (χ0v) is 10.6. The fourth-order valence-electron chi connectivity index (χ4n) is 2.49. The number of anilines is 1. The van der Waals surface area contributed by atoms with Crippen LogP contribution in [-0.4, -0.2) is 20.9 Å². The second-order valence-corrected chi connectivity index (χ2v) is 4.91. The van der Waals surface area contributed by atoms with E-state index in [1.165, 1.54) is 4.57 Å². The molecule has 1 aromatic carbocycles. The average molecular weight is 282 g/mol. The molecule has 0 saturated heterocycles. The molecule has 0 radical (unpaired) electrons. The molecule has 2 heterocycles. The highest BCUT2D eigenvalue weighted by Crippen LogP contribution is 2.36. The molecule has 1 aliphatic heterocycles. The van der Waals surface area contributed by atoms with E-state index in [1.54, 1.807) is 24.3 Å². The molecule has 106 valence electrons. The van der Waals surface area contributed by atoms with Crippen molar-refractivity contribution in [2.45, 2.75) is 25.6 Å². The number of alkyl halides is 3. The van der Waals surface area contributed by atoms with Gasteiger partial charge >= 0.3 is 6.18 Å². The van der Waals surface area contributed by atoms with Gasteiger partial charge in [0.2, 0.25) is 0 Å². The molecule has 0 fully saturated rings. The molecule has 20 heavy (non-hydrogen) atoms. The first-order valence-electron chi connectivity index (χ1n) is 6.30. The van der Waals surface area contributed by atoms with Crippen molar-refractivity contribution in [3.8, 4) is 11.4 Å². The van der Waals surface area contributed by atoms with Crippen molar-refractivity contribution in [1.82, 2.24) is 14.8 Å². The van der Waals surface area contributed by atoms with Gasteiger partial charge in [0.05, 0.1) is 5.92 Å². The lowest BCUT2D eigenvalue weighted by atomic mass is 9.98. The Labute approximate surface area is 113 Å². The maximum Gasteiger partial charge on any atom is 0.393 e. The monoisotopic (exact) mass is 282 g/mol. The van der Waals surface area contributed by atoms with Gasteiger partial charge in [-0.05, 0) is 18.6 Å². The third kappa shape index (κ3) is 2.13. The summed E-state index contributed by atoms with van der Waals surface area (Å²) in [5, 5.41) is 7.99. The SMILES string of the molecule is Nc1ccccc1-c1nnc2n1CC(C(F)(F)F)CC2. The fraction of sp³-hybridized carbons (Fsp3) is 0.385. The van der Waals surface area contributed by atoms with Crippen molar-refractivity contribution in [2.24, 2.45) is 5.92 Å². The number of nitrogens with zero attached hydrogens (tertiary/aromatic N) is 3. The quantitative estimate of drug-likeness (QED) is 0.818. The topological polar surface area (TPSA) is 56.7 Å². The van der Waals surface area contributed by atoms with Gasteiger partial charge in [0.25, 0.3) is 0 Å². The lowest BCUT2D eigenvalue weighted by Crippen LogP contribution is -2.32. The summed E-state index contributed by atoms with van der Waals surface area (Å²) in [5.41, 5.74) is 6.96. The summed E-state index contributed by atoms with van der Waals surface area (Å²) in [5.74, 6) is -0.356. The molecule has 7 heteroatoms. The van der Waals surface area contributed by atoms with Crippen LogP contribution in [0.3, 0.4) is 0 Å². The maximum atomic E-state index is 12.9. The summed E-state index contributed by atoms with van der Waals surface area (Å²) in [4.78, 5) is 0. The van der Waals surface area contributed by atoms with Crippen LogP contribution in [0.2, 0.25) is 0 Å². The molecule has 0 amide bonds. The molecule has 3 rings (SSSR count). The minimum atomic E-state index is -4.19. The minimum absolute atomic E-state index is 0.0614. The standard InChI is InChI=1S/C13H13F3N4/c14-13(15,16)8-5-6-11-18-19-12(20(11)7-8)9-3-1-2-4-10(9)17/h1-4,8H,5-7,17H2. The Morgan fingerprint density at radius 3 is 2.65 bits per heavy atom. The van der Waals surface area contributed by atoms with Crippen molar-refractivity contribution in [3.05, 3.63) is 30.1 Å². The summed E-state index contributed by atoms with van der Waals surface area (Å²) in [6.07, 6.45) is -3.85. The fourth-order valence-corrected chi connectivity index (χ4v) is 2.49. The molecule has 4 nitrogen and oxygen atoms in total. The van der Waals surface area contributed by atoms with E-state index in [0.717, 1.165) is 0 Å². The number of nitrogens with two attached hydrogens (primary N) is 1. The molecule has 0 bridgehead atoms. The van der Waals surface area contributed by atoms with Crippen molar-refractivity contribution in [2.75, 3.05) is 5.73 Å². The van der Waals surface area contributed by atoms with E-state index in [0.29, 0.717) is 22.9 Å². The molecule has 2 aromatic rings. The van der Waals surface area contributed by atoms with Crippen LogP contribution in [0.4, 0.5) is 18.9 Å².